The van der Waals surface area contributed by atoms with Gasteiger partial charge in [-0.25, -0.2) is 8.42 Å². The van der Waals surface area contributed by atoms with Gasteiger partial charge in [0.2, 0.25) is 0 Å². The van der Waals surface area contributed by atoms with E-state index in [9.17, 15) is 21.6 Å². The first-order chi connectivity index (χ1) is 10.1. The number of alkyl halides is 3. The van der Waals surface area contributed by atoms with E-state index >= 15 is 0 Å². The fourth-order valence-corrected chi connectivity index (χ4v) is 3.15. The number of benzene rings is 2. The second kappa shape index (κ2) is 5.81. The Morgan fingerprint density at radius 3 is 2.18 bits per heavy atom. The van der Waals surface area contributed by atoms with E-state index in [1.807, 2.05) is 4.72 Å². The number of halogens is 4. The Morgan fingerprint density at radius 2 is 1.64 bits per heavy atom. The summed E-state index contributed by atoms with van der Waals surface area (Å²) in [4.78, 5) is -0.147. The van der Waals surface area contributed by atoms with Crippen molar-refractivity contribution in [3.8, 4) is 0 Å². The summed E-state index contributed by atoms with van der Waals surface area (Å²) in [5.74, 6) is 0. The maximum atomic E-state index is 13.0. The molecule has 0 unspecified atom stereocenters. The van der Waals surface area contributed by atoms with Crippen molar-refractivity contribution in [1.82, 2.24) is 0 Å². The average molecular weight is 350 g/mol. The first kappa shape index (κ1) is 16.6. The van der Waals surface area contributed by atoms with Gasteiger partial charge < -0.3 is 0 Å². The predicted molar refractivity (Wildman–Crippen MR) is 78.4 cm³/mol. The monoisotopic (exact) mass is 349 g/mol. The molecule has 22 heavy (non-hydrogen) atoms. The summed E-state index contributed by atoms with van der Waals surface area (Å²) in [6.45, 7) is 1.76. The van der Waals surface area contributed by atoms with Gasteiger partial charge in [-0.3, -0.25) is 4.72 Å². The number of sulfonamides is 1. The van der Waals surface area contributed by atoms with Gasteiger partial charge in [-0.2, -0.15) is 13.2 Å². The molecule has 8 heteroatoms. The van der Waals surface area contributed by atoms with Crippen molar-refractivity contribution in [2.45, 2.75) is 18.0 Å². The van der Waals surface area contributed by atoms with Gasteiger partial charge in [-0.1, -0.05) is 35.4 Å². The highest BCUT2D eigenvalue weighted by molar-refractivity contribution is 7.92. The standard InChI is InChI=1S/C14H11ClF3NO2S/c1-9-5-7-10(8-6-9)22(20,21)19-13-11(14(16,17)18)3-2-4-12(13)15/h2-8,19H,1H3. The molecule has 0 heterocycles. The smallest absolute Gasteiger partial charge is 0.277 e. The second-order valence-corrected chi connectivity index (χ2v) is 6.67. The van der Waals surface area contributed by atoms with Crippen LogP contribution in [-0.2, 0) is 16.2 Å². The number of aryl methyl sites for hydroxylation is 1. The molecule has 2 rings (SSSR count). The topological polar surface area (TPSA) is 46.2 Å². The van der Waals surface area contributed by atoms with E-state index < -0.39 is 27.5 Å². The second-order valence-electron chi connectivity index (χ2n) is 4.58. The van der Waals surface area contributed by atoms with Gasteiger partial charge in [-0.15, -0.1) is 0 Å². The average Bonchev–Trinajstić information content (AvgIpc) is 2.40. The molecule has 0 saturated carbocycles. The van der Waals surface area contributed by atoms with Crippen LogP contribution in [0.3, 0.4) is 0 Å². The summed E-state index contributed by atoms with van der Waals surface area (Å²) < 4.78 is 65.2. The van der Waals surface area contributed by atoms with E-state index in [-0.39, 0.29) is 9.92 Å². The van der Waals surface area contributed by atoms with Crippen molar-refractivity contribution in [2.75, 3.05) is 4.72 Å². The molecular formula is C14H11ClF3NO2S. The van der Waals surface area contributed by atoms with Gasteiger partial charge in [0.05, 0.1) is 21.2 Å². The van der Waals surface area contributed by atoms with E-state index in [1.54, 1.807) is 19.1 Å². The van der Waals surface area contributed by atoms with E-state index in [0.29, 0.717) is 0 Å². The highest BCUT2D eigenvalue weighted by Gasteiger charge is 2.35. The molecule has 3 nitrogen and oxygen atoms in total. The first-order valence-corrected chi connectivity index (χ1v) is 7.92. The van der Waals surface area contributed by atoms with Crippen molar-refractivity contribution in [3.63, 3.8) is 0 Å². The molecular weight excluding hydrogens is 339 g/mol. The third kappa shape index (κ3) is 3.53. The Bertz CT molecular complexity index is 787. The number of nitrogens with one attached hydrogen (secondary N) is 1. The number of para-hydroxylation sites is 1. The first-order valence-electron chi connectivity index (χ1n) is 6.06. The minimum absolute atomic E-state index is 0.147. The Hall–Kier alpha value is -1.73. The van der Waals surface area contributed by atoms with Crippen molar-refractivity contribution in [1.29, 1.82) is 0 Å². The maximum absolute atomic E-state index is 13.0. The largest absolute Gasteiger partial charge is 0.418 e. The zero-order valence-electron chi connectivity index (χ0n) is 11.3. The van der Waals surface area contributed by atoms with Gasteiger partial charge in [-0.05, 0) is 31.2 Å². The van der Waals surface area contributed by atoms with Crippen LogP contribution in [0.1, 0.15) is 11.1 Å². The fraction of sp³-hybridized carbons (Fsp3) is 0.143. The Balaban J connectivity index is 2.48. The molecule has 0 bridgehead atoms. The van der Waals surface area contributed by atoms with Gasteiger partial charge in [0.25, 0.3) is 10.0 Å². The summed E-state index contributed by atoms with van der Waals surface area (Å²) >= 11 is 5.73. The van der Waals surface area contributed by atoms with E-state index in [1.165, 1.54) is 18.2 Å². The molecule has 0 radical (unpaired) electrons. The highest BCUT2D eigenvalue weighted by atomic mass is 35.5. The lowest BCUT2D eigenvalue weighted by molar-refractivity contribution is -0.136. The lowest BCUT2D eigenvalue weighted by Crippen LogP contribution is -2.17. The molecule has 118 valence electrons. The molecule has 1 N–H and O–H groups in total. The number of hydrogen-bond acceptors (Lipinski definition) is 2. The molecule has 2 aromatic rings. The van der Waals surface area contributed by atoms with Crippen LogP contribution in [0.15, 0.2) is 47.4 Å². The lowest BCUT2D eigenvalue weighted by Gasteiger charge is -2.16. The zero-order valence-corrected chi connectivity index (χ0v) is 12.9. The third-order valence-corrected chi connectivity index (χ3v) is 4.57. The molecule has 0 spiro atoms. The van der Waals surface area contributed by atoms with Crippen molar-refractivity contribution >= 4 is 27.3 Å². The van der Waals surface area contributed by atoms with E-state index in [2.05, 4.69) is 0 Å². The van der Waals surface area contributed by atoms with Crippen LogP contribution < -0.4 is 4.72 Å². The highest BCUT2D eigenvalue weighted by Crippen LogP contribution is 2.39. The summed E-state index contributed by atoms with van der Waals surface area (Å²) in [7, 11) is -4.17. The van der Waals surface area contributed by atoms with E-state index in [4.69, 9.17) is 11.6 Å². The molecule has 0 amide bonds. The summed E-state index contributed by atoms with van der Waals surface area (Å²) in [5, 5.41) is -0.328. The van der Waals surface area contributed by atoms with Crippen molar-refractivity contribution in [3.05, 3.63) is 58.6 Å². The fourth-order valence-electron chi connectivity index (χ4n) is 1.77. The molecule has 2 aromatic carbocycles. The van der Waals surface area contributed by atoms with Gasteiger partial charge >= 0.3 is 6.18 Å². The predicted octanol–water partition coefficient (Wildman–Crippen LogP) is 4.47. The Morgan fingerprint density at radius 1 is 1.05 bits per heavy atom. The van der Waals surface area contributed by atoms with Crippen LogP contribution >= 0.6 is 11.6 Å². The molecule has 0 aliphatic heterocycles. The lowest BCUT2D eigenvalue weighted by atomic mass is 10.2. The van der Waals surface area contributed by atoms with Crippen LogP contribution in [0.25, 0.3) is 0 Å². The molecule has 0 saturated heterocycles. The minimum atomic E-state index is -4.73. The summed E-state index contributed by atoms with van der Waals surface area (Å²) in [6.07, 6.45) is -4.73. The summed E-state index contributed by atoms with van der Waals surface area (Å²) in [5.41, 5.74) is -0.999. The quantitative estimate of drug-likeness (QED) is 0.888. The molecule has 0 aromatic heterocycles. The van der Waals surface area contributed by atoms with Crippen molar-refractivity contribution in [2.24, 2.45) is 0 Å². The van der Waals surface area contributed by atoms with Crippen LogP contribution in [0.2, 0.25) is 5.02 Å². The van der Waals surface area contributed by atoms with Gasteiger partial charge in [0.15, 0.2) is 0 Å². The van der Waals surface area contributed by atoms with Crippen LogP contribution in [-0.4, -0.2) is 8.42 Å². The van der Waals surface area contributed by atoms with Gasteiger partial charge in [0.1, 0.15) is 0 Å². The third-order valence-electron chi connectivity index (χ3n) is 2.89. The van der Waals surface area contributed by atoms with Crippen molar-refractivity contribution < 1.29 is 21.6 Å². The number of rotatable bonds is 3. The summed E-state index contributed by atoms with van der Waals surface area (Å²) in [6, 6.07) is 8.76. The SMILES string of the molecule is Cc1ccc(S(=O)(=O)Nc2c(Cl)cccc2C(F)(F)F)cc1. The number of hydrogen-bond donors (Lipinski definition) is 1. The Kier molecular flexibility index (Phi) is 4.39. The zero-order chi connectivity index (χ0) is 16.5. The molecule has 0 aliphatic rings. The van der Waals surface area contributed by atoms with Gasteiger partial charge in [0, 0.05) is 0 Å². The molecule has 0 atom stereocenters. The Labute approximate surface area is 130 Å². The molecule has 0 fully saturated rings. The normalized spacial score (nSPS) is 12.2. The molecule has 0 aliphatic carbocycles. The number of anilines is 1. The minimum Gasteiger partial charge on any atom is -0.277 e. The van der Waals surface area contributed by atoms with Crippen LogP contribution in [0.5, 0.6) is 0 Å². The van der Waals surface area contributed by atoms with Crippen LogP contribution in [0, 0.1) is 6.92 Å². The van der Waals surface area contributed by atoms with E-state index in [0.717, 1.165) is 17.7 Å². The van der Waals surface area contributed by atoms with Crippen LogP contribution in [0.4, 0.5) is 18.9 Å². The maximum Gasteiger partial charge on any atom is 0.418 e.